The highest BCUT2D eigenvalue weighted by Crippen LogP contribution is 2.25. The molecule has 0 fully saturated rings. The van der Waals surface area contributed by atoms with E-state index < -0.39 is 0 Å². The summed E-state index contributed by atoms with van der Waals surface area (Å²) in [5, 5.41) is 14.0. The minimum Gasteiger partial charge on any atom is -0.364 e. The molecule has 19 heavy (non-hydrogen) atoms. The summed E-state index contributed by atoms with van der Waals surface area (Å²) in [4.78, 5) is 14.7. The van der Waals surface area contributed by atoms with E-state index in [9.17, 15) is 10.1 Å². The summed E-state index contributed by atoms with van der Waals surface area (Å²) in [7, 11) is 0. The van der Waals surface area contributed by atoms with Gasteiger partial charge < -0.3 is 5.32 Å². The van der Waals surface area contributed by atoms with Gasteiger partial charge in [-0.3, -0.25) is 10.1 Å². The van der Waals surface area contributed by atoms with Gasteiger partial charge in [0.2, 0.25) is 5.82 Å². The third kappa shape index (κ3) is 5.24. The van der Waals surface area contributed by atoms with Crippen molar-refractivity contribution in [3.63, 3.8) is 0 Å². The summed E-state index contributed by atoms with van der Waals surface area (Å²) >= 11 is 0. The van der Waals surface area contributed by atoms with Crippen LogP contribution in [0.3, 0.4) is 0 Å². The topological polar surface area (TPSA) is 68.1 Å². The summed E-state index contributed by atoms with van der Waals surface area (Å²) in [5.41, 5.74) is 0.735. The lowest BCUT2D eigenvalue weighted by Gasteiger charge is -2.07. The smallest absolute Gasteiger partial charge is 0.314 e. The molecule has 0 aliphatic carbocycles. The van der Waals surface area contributed by atoms with Crippen LogP contribution in [-0.4, -0.2) is 16.5 Å². The van der Waals surface area contributed by atoms with Crippen molar-refractivity contribution < 1.29 is 4.92 Å². The van der Waals surface area contributed by atoms with Crippen LogP contribution >= 0.6 is 0 Å². The summed E-state index contributed by atoms with van der Waals surface area (Å²) in [6.45, 7) is 4.67. The van der Waals surface area contributed by atoms with Crippen molar-refractivity contribution in [3.8, 4) is 0 Å². The first kappa shape index (κ1) is 15.4. The van der Waals surface area contributed by atoms with Crippen molar-refractivity contribution in [3.05, 3.63) is 27.9 Å². The molecule has 5 nitrogen and oxygen atoms in total. The normalized spacial score (nSPS) is 10.4. The minimum absolute atomic E-state index is 0.0912. The summed E-state index contributed by atoms with van der Waals surface area (Å²) in [6, 6.07) is 1.66. The molecule has 0 unspecified atom stereocenters. The van der Waals surface area contributed by atoms with Gasteiger partial charge in [0.15, 0.2) is 0 Å². The number of nitrogens with zero attached hydrogens (tertiary/aromatic N) is 2. The Hall–Kier alpha value is -1.65. The lowest BCUT2D eigenvalue weighted by molar-refractivity contribution is -0.384. The van der Waals surface area contributed by atoms with Crippen molar-refractivity contribution in [2.75, 3.05) is 11.9 Å². The number of aryl methyl sites for hydroxylation is 1. The van der Waals surface area contributed by atoms with Crippen molar-refractivity contribution in [1.29, 1.82) is 0 Å². The molecule has 1 aromatic heterocycles. The van der Waals surface area contributed by atoms with Crippen molar-refractivity contribution >= 4 is 11.5 Å². The number of unbranched alkanes of at least 4 members (excludes halogenated alkanes) is 5. The van der Waals surface area contributed by atoms with E-state index in [-0.39, 0.29) is 10.6 Å². The van der Waals surface area contributed by atoms with Gasteiger partial charge in [-0.1, -0.05) is 39.0 Å². The second-order valence-electron chi connectivity index (χ2n) is 4.78. The van der Waals surface area contributed by atoms with E-state index in [1.54, 1.807) is 19.2 Å². The van der Waals surface area contributed by atoms with E-state index >= 15 is 0 Å². The summed E-state index contributed by atoms with van der Waals surface area (Å²) in [6.07, 6.45) is 8.84. The molecule has 5 heteroatoms. The highest BCUT2D eigenvalue weighted by atomic mass is 16.6. The Morgan fingerprint density at radius 2 is 1.95 bits per heavy atom. The van der Waals surface area contributed by atoms with Crippen molar-refractivity contribution in [2.45, 2.75) is 52.4 Å². The zero-order valence-corrected chi connectivity index (χ0v) is 11.8. The lowest BCUT2D eigenvalue weighted by Crippen LogP contribution is -2.07. The first-order valence-electron chi connectivity index (χ1n) is 7.00. The standard InChI is InChI=1S/C14H23N3O2/c1-3-4-5-6-7-8-10-15-14-13(17(18)19)12(2)9-11-16-14/h9,11H,3-8,10H2,1-2H3,(H,15,16). The van der Waals surface area contributed by atoms with Crippen LogP contribution < -0.4 is 5.32 Å². The van der Waals surface area contributed by atoms with Gasteiger partial charge in [-0.15, -0.1) is 0 Å². The predicted octanol–water partition coefficient (Wildman–Crippen LogP) is 4.07. The molecule has 0 spiro atoms. The van der Waals surface area contributed by atoms with Gasteiger partial charge in [0.1, 0.15) is 0 Å². The molecule has 0 aliphatic heterocycles. The highest BCUT2D eigenvalue weighted by Gasteiger charge is 2.17. The molecule has 1 heterocycles. The zero-order chi connectivity index (χ0) is 14.1. The third-order valence-corrected chi connectivity index (χ3v) is 3.13. The van der Waals surface area contributed by atoms with E-state index in [0.717, 1.165) is 19.4 Å². The van der Waals surface area contributed by atoms with Gasteiger partial charge in [0, 0.05) is 18.3 Å². The lowest BCUT2D eigenvalue weighted by atomic mass is 10.1. The van der Waals surface area contributed by atoms with Gasteiger partial charge in [-0.05, 0) is 19.4 Å². The number of aromatic nitrogens is 1. The average Bonchev–Trinajstić information content (AvgIpc) is 2.37. The summed E-state index contributed by atoms with van der Waals surface area (Å²) in [5.74, 6) is 0.388. The molecule has 1 aromatic rings. The molecule has 106 valence electrons. The predicted molar refractivity (Wildman–Crippen MR) is 77.5 cm³/mol. The fourth-order valence-electron chi connectivity index (χ4n) is 2.02. The maximum atomic E-state index is 11.0. The van der Waals surface area contributed by atoms with Crippen molar-refractivity contribution in [2.24, 2.45) is 0 Å². The van der Waals surface area contributed by atoms with Gasteiger partial charge >= 0.3 is 5.69 Å². The SMILES string of the molecule is CCCCCCCCNc1nccc(C)c1[N+](=O)[O-]. The second-order valence-corrected chi connectivity index (χ2v) is 4.78. The van der Waals surface area contributed by atoms with Crippen LogP contribution in [0, 0.1) is 17.0 Å². The first-order valence-corrected chi connectivity index (χ1v) is 7.00. The van der Waals surface area contributed by atoms with Gasteiger partial charge in [0.05, 0.1) is 4.92 Å². The summed E-state index contributed by atoms with van der Waals surface area (Å²) < 4.78 is 0. The Labute approximate surface area is 114 Å². The van der Waals surface area contributed by atoms with Gasteiger partial charge in [-0.25, -0.2) is 4.98 Å². The monoisotopic (exact) mass is 265 g/mol. The number of hydrogen-bond donors (Lipinski definition) is 1. The Balaban J connectivity index is 2.37. The van der Waals surface area contributed by atoms with Crippen LogP contribution in [0.5, 0.6) is 0 Å². The number of anilines is 1. The quantitative estimate of drug-likeness (QED) is 0.415. The van der Waals surface area contributed by atoms with Gasteiger partial charge in [0.25, 0.3) is 0 Å². The zero-order valence-electron chi connectivity index (χ0n) is 11.8. The second kappa shape index (κ2) is 8.45. The molecule has 0 aromatic carbocycles. The van der Waals surface area contributed by atoms with E-state index in [1.165, 1.54) is 25.7 Å². The molecule has 0 saturated heterocycles. The molecular weight excluding hydrogens is 242 g/mol. The number of rotatable bonds is 9. The van der Waals surface area contributed by atoms with E-state index in [1.807, 2.05) is 0 Å². The van der Waals surface area contributed by atoms with Gasteiger partial charge in [-0.2, -0.15) is 0 Å². The van der Waals surface area contributed by atoms with E-state index in [4.69, 9.17) is 0 Å². The minimum atomic E-state index is -0.369. The van der Waals surface area contributed by atoms with Crippen LogP contribution in [0.2, 0.25) is 0 Å². The molecule has 0 saturated carbocycles. The van der Waals surface area contributed by atoms with Crippen LogP contribution in [0.25, 0.3) is 0 Å². The van der Waals surface area contributed by atoms with Crippen LogP contribution in [-0.2, 0) is 0 Å². The van der Waals surface area contributed by atoms with Crippen LogP contribution in [0.4, 0.5) is 11.5 Å². The van der Waals surface area contributed by atoms with E-state index in [0.29, 0.717) is 11.4 Å². The molecule has 0 amide bonds. The maximum absolute atomic E-state index is 11.0. The molecule has 0 atom stereocenters. The molecule has 0 aliphatic rings. The molecular formula is C14H23N3O2. The fourth-order valence-corrected chi connectivity index (χ4v) is 2.02. The maximum Gasteiger partial charge on any atom is 0.314 e. The van der Waals surface area contributed by atoms with Crippen LogP contribution in [0.15, 0.2) is 12.3 Å². The number of nitrogens with one attached hydrogen (secondary N) is 1. The number of nitro groups is 1. The molecule has 1 N–H and O–H groups in total. The number of hydrogen-bond acceptors (Lipinski definition) is 4. The fraction of sp³-hybridized carbons (Fsp3) is 0.643. The number of pyridine rings is 1. The third-order valence-electron chi connectivity index (χ3n) is 3.13. The average molecular weight is 265 g/mol. The van der Waals surface area contributed by atoms with Crippen molar-refractivity contribution in [1.82, 2.24) is 4.98 Å². The highest BCUT2D eigenvalue weighted by molar-refractivity contribution is 5.59. The Kier molecular flexibility index (Phi) is 6.85. The largest absolute Gasteiger partial charge is 0.364 e. The molecule has 1 rings (SSSR count). The van der Waals surface area contributed by atoms with E-state index in [2.05, 4.69) is 17.2 Å². The first-order chi connectivity index (χ1) is 9.16. The Morgan fingerprint density at radius 3 is 2.63 bits per heavy atom. The molecule has 0 radical (unpaired) electrons. The Morgan fingerprint density at radius 1 is 1.26 bits per heavy atom. The molecule has 0 bridgehead atoms. The van der Waals surface area contributed by atoms with Crippen LogP contribution in [0.1, 0.15) is 51.0 Å². The Bertz CT molecular complexity index is 408.